The summed E-state index contributed by atoms with van der Waals surface area (Å²) < 4.78 is 15.7. The van der Waals surface area contributed by atoms with E-state index in [1.807, 2.05) is 19.9 Å². The lowest BCUT2D eigenvalue weighted by Gasteiger charge is -2.59. The second-order valence-electron chi connectivity index (χ2n) is 10.9. The molecule has 0 aliphatic heterocycles. The van der Waals surface area contributed by atoms with Crippen molar-refractivity contribution in [3.8, 4) is 0 Å². The minimum atomic E-state index is -1.74. The maximum atomic E-state index is 13.7. The topological polar surface area (TPSA) is 169 Å². The summed E-state index contributed by atoms with van der Waals surface area (Å²) in [5, 5.41) is 20.8. The molecule has 4 aliphatic rings. The molecule has 0 spiro atoms. The van der Waals surface area contributed by atoms with Gasteiger partial charge in [-0.1, -0.05) is 25.5 Å². The van der Waals surface area contributed by atoms with Crippen molar-refractivity contribution < 1.29 is 48.4 Å². The van der Waals surface area contributed by atoms with Crippen LogP contribution < -0.4 is 0 Å². The minimum absolute atomic E-state index is 0.0162. The molecule has 0 aromatic rings. The highest BCUT2D eigenvalue weighted by Crippen LogP contribution is 2.67. The van der Waals surface area contributed by atoms with Crippen molar-refractivity contribution in [2.24, 2.45) is 28.6 Å². The van der Waals surface area contributed by atoms with Crippen molar-refractivity contribution in [3.63, 3.8) is 0 Å². The number of allylic oxidation sites excluding steroid dienone is 4. The van der Waals surface area contributed by atoms with Gasteiger partial charge in [-0.15, -0.1) is 10.1 Å². The number of aliphatic hydroxyl groups excluding tert-OH is 1. The quantitative estimate of drug-likeness (QED) is 0.275. The molecule has 3 fully saturated rings. The number of aliphatic hydroxyl groups is 1. The molecule has 0 aromatic heterocycles. The normalized spacial score (nSPS) is 37.2. The van der Waals surface area contributed by atoms with Gasteiger partial charge >= 0.3 is 12.1 Å². The standard InChI is InChI=1S/C26H33NO11/c1-4-35-23(32)38-26(20(30)13-36-21(31)14-37-27(33)34)10-8-18-17-6-5-15-11-16(28)7-9-24(15,2)22(17)19(29)12-25(18,26)3/h7,9,11,17-19,22,29H,4-6,8,10,12-14H2,1-3H3/t17-,18-,19-,22+,24-,25-,26-/m0/s1. The summed E-state index contributed by atoms with van der Waals surface area (Å²) in [6.45, 7) is 3.67. The Hall–Kier alpha value is -3.28. The summed E-state index contributed by atoms with van der Waals surface area (Å²) >= 11 is 0. The first-order chi connectivity index (χ1) is 17.9. The molecular formula is C26H33NO11. The second-order valence-corrected chi connectivity index (χ2v) is 10.9. The van der Waals surface area contributed by atoms with E-state index in [4.69, 9.17) is 14.2 Å². The van der Waals surface area contributed by atoms with E-state index in [-0.39, 0.29) is 43.0 Å². The Balaban J connectivity index is 1.64. The molecule has 3 saturated carbocycles. The monoisotopic (exact) mass is 535 g/mol. The van der Waals surface area contributed by atoms with Crippen LogP contribution in [-0.2, 0) is 33.4 Å². The fourth-order valence-electron chi connectivity index (χ4n) is 7.70. The van der Waals surface area contributed by atoms with E-state index in [0.29, 0.717) is 19.3 Å². The van der Waals surface area contributed by atoms with Crippen LogP contribution in [0.1, 0.15) is 52.9 Å². The van der Waals surface area contributed by atoms with Crippen molar-refractivity contribution >= 4 is 23.7 Å². The first kappa shape index (κ1) is 27.7. The number of hydrogen-bond acceptors (Lipinski definition) is 11. The zero-order valence-corrected chi connectivity index (χ0v) is 21.7. The number of carbonyl (C=O) groups excluding carboxylic acids is 4. The maximum absolute atomic E-state index is 13.7. The van der Waals surface area contributed by atoms with Gasteiger partial charge in [0.2, 0.25) is 5.78 Å². The van der Waals surface area contributed by atoms with E-state index < -0.39 is 58.7 Å². The van der Waals surface area contributed by atoms with Crippen LogP contribution in [0.4, 0.5) is 4.79 Å². The predicted molar refractivity (Wildman–Crippen MR) is 128 cm³/mol. The van der Waals surface area contributed by atoms with Gasteiger partial charge in [-0.3, -0.25) is 9.59 Å². The molecule has 12 heteroatoms. The van der Waals surface area contributed by atoms with Crippen molar-refractivity contribution in [1.82, 2.24) is 0 Å². The summed E-state index contributed by atoms with van der Waals surface area (Å²) in [5.41, 5.74) is -2.27. The third-order valence-corrected chi connectivity index (χ3v) is 9.24. The Labute approximate surface area is 219 Å². The SMILES string of the molecule is CCOC(=O)O[C@]1(C(=O)COC(=O)CO[N+](=O)[O-])CC[C@H]2[C@@H]3CCC4=CC(=O)C=C[C@]4(C)[C@H]3[C@@H](O)C[C@@]21C. The zero-order valence-electron chi connectivity index (χ0n) is 21.7. The Bertz CT molecular complexity index is 1100. The van der Waals surface area contributed by atoms with Gasteiger partial charge in [0.1, 0.15) is 0 Å². The molecule has 4 aliphatic carbocycles. The molecule has 0 saturated heterocycles. The van der Waals surface area contributed by atoms with Gasteiger partial charge in [-0.05, 0) is 63.0 Å². The zero-order chi connectivity index (χ0) is 27.9. The van der Waals surface area contributed by atoms with E-state index in [1.54, 1.807) is 13.0 Å². The molecule has 0 aromatic carbocycles. The first-order valence-corrected chi connectivity index (χ1v) is 12.8. The minimum Gasteiger partial charge on any atom is -0.456 e. The summed E-state index contributed by atoms with van der Waals surface area (Å²) in [5.74, 6) is -2.23. The number of rotatable bonds is 8. The first-order valence-electron chi connectivity index (χ1n) is 12.8. The molecule has 12 nitrogen and oxygen atoms in total. The molecule has 0 amide bonds. The van der Waals surface area contributed by atoms with Crippen LogP contribution in [0.2, 0.25) is 0 Å². The van der Waals surface area contributed by atoms with Gasteiger partial charge in [0.15, 0.2) is 24.6 Å². The van der Waals surface area contributed by atoms with Crippen molar-refractivity contribution in [2.45, 2.75) is 64.6 Å². The fourth-order valence-corrected chi connectivity index (χ4v) is 7.70. The van der Waals surface area contributed by atoms with Crippen LogP contribution in [0.5, 0.6) is 0 Å². The number of fused-ring (bicyclic) bond motifs is 5. The van der Waals surface area contributed by atoms with E-state index >= 15 is 0 Å². The van der Waals surface area contributed by atoms with E-state index in [0.717, 1.165) is 5.57 Å². The van der Waals surface area contributed by atoms with Gasteiger partial charge < -0.3 is 24.2 Å². The Morgan fingerprint density at radius 1 is 1.18 bits per heavy atom. The molecule has 1 N–H and O–H groups in total. The summed E-state index contributed by atoms with van der Waals surface area (Å²) in [4.78, 5) is 64.5. The second kappa shape index (κ2) is 10.1. The largest absolute Gasteiger partial charge is 0.509 e. The van der Waals surface area contributed by atoms with Crippen LogP contribution in [0.25, 0.3) is 0 Å². The average Bonchev–Trinajstić information content (AvgIpc) is 3.13. The highest BCUT2D eigenvalue weighted by Gasteiger charge is 2.70. The number of hydrogen-bond donors (Lipinski definition) is 1. The third kappa shape index (κ3) is 4.48. The summed E-state index contributed by atoms with van der Waals surface area (Å²) in [6, 6.07) is 0. The number of ether oxygens (including phenoxy) is 3. The van der Waals surface area contributed by atoms with E-state index in [2.05, 4.69) is 4.84 Å². The predicted octanol–water partition coefficient (Wildman–Crippen LogP) is 2.50. The van der Waals surface area contributed by atoms with Gasteiger partial charge in [0.05, 0.1) is 12.7 Å². The molecule has 0 heterocycles. The lowest BCUT2D eigenvalue weighted by atomic mass is 9.46. The van der Waals surface area contributed by atoms with Crippen LogP contribution in [-0.4, -0.2) is 65.4 Å². The Morgan fingerprint density at radius 2 is 1.92 bits per heavy atom. The highest BCUT2D eigenvalue weighted by molar-refractivity contribution is 6.01. The van der Waals surface area contributed by atoms with Crippen molar-refractivity contribution in [3.05, 3.63) is 33.9 Å². The number of ketones is 2. The van der Waals surface area contributed by atoms with Gasteiger partial charge in [-0.25, -0.2) is 9.59 Å². The smallest absolute Gasteiger partial charge is 0.456 e. The Kier molecular flexibility index (Phi) is 7.39. The molecule has 0 bridgehead atoms. The van der Waals surface area contributed by atoms with Gasteiger partial charge in [0, 0.05) is 16.7 Å². The average molecular weight is 536 g/mol. The maximum Gasteiger partial charge on any atom is 0.509 e. The summed E-state index contributed by atoms with van der Waals surface area (Å²) in [7, 11) is 0. The molecule has 208 valence electrons. The van der Waals surface area contributed by atoms with Crippen LogP contribution >= 0.6 is 0 Å². The van der Waals surface area contributed by atoms with Gasteiger partial charge in [-0.2, -0.15) is 0 Å². The highest BCUT2D eigenvalue weighted by atomic mass is 17.0. The lowest BCUT2D eigenvalue weighted by Crippen LogP contribution is -2.63. The Morgan fingerprint density at radius 3 is 2.61 bits per heavy atom. The molecule has 38 heavy (non-hydrogen) atoms. The van der Waals surface area contributed by atoms with Crippen molar-refractivity contribution in [2.75, 3.05) is 19.8 Å². The lowest BCUT2D eigenvalue weighted by molar-refractivity contribution is -0.754. The van der Waals surface area contributed by atoms with E-state index in [9.17, 15) is 34.4 Å². The number of Topliss-reactive ketones (excluding diaryl/α,β-unsaturated/α-hetero) is 1. The fraction of sp³-hybridized carbons (Fsp3) is 0.692. The van der Waals surface area contributed by atoms with Crippen LogP contribution in [0.15, 0.2) is 23.8 Å². The van der Waals surface area contributed by atoms with Gasteiger partial charge in [0.25, 0.3) is 5.09 Å². The number of carbonyl (C=O) groups is 4. The summed E-state index contributed by atoms with van der Waals surface area (Å²) in [6.07, 6.45) is 5.30. The number of esters is 1. The molecule has 0 radical (unpaired) electrons. The molecule has 7 atom stereocenters. The number of nitrogens with zero attached hydrogens (tertiary/aromatic N) is 1. The molecule has 0 unspecified atom stereocenters. The van der Waals surface area contributed by atoms with Crippen molar-refractivity contribution in [1.29, 1.82) is 0 Å². The van der Waals surface area contributed by atoms with Crippen LogP contribution in [0, 0.1) is 38.7 Å². The molecule has 4 rings (SSSR count). The molecular weight excluding hydrogens is 502 g/mol. The van der Waals surface area contributed by atoms with E-state index in [1.165, 1.54) is 6.08 Å². The third-order valence-electron chi connectivity index (χ3n) is 9.24. The van der Waals surface area contributed by atoms with Crippen LogP contribution in [0.3, 0.4) is 0 Å².